The summed E-state index contributed by atoms with van der Waals surface area (Å²) < 4.78 is 0. The van der Waals surface area contributed by atoms with Crippen molar-refractivity contribution >= 4 is 11.8 Å². The number of aryl methyl sites for hydroxylation is 3. The number of hydrogen-bond acceptors (Lipinski definition) is 2. The van der Waals surface area contributed by atoms with E-state index in [1.807, 2.05) is 45.0 Å². The van der Waals surface area contributed by atoms with E-state index in [4.69, 9.17) is 0 Å². The molecule has 4 heteroatoms. The van der Waals surface area contributed by atoms with Gasteiger partial charge in [-0.25, -0.2) is 0 Å². The summed E-state index contributed by atoms with van der Waals surface area (Å²) in [6.45, 7) is 10.3. The predicted molar refractivity (Wildman–Crippen MR) is 119 cm³/mol. The quantitative estimate of drug-likeness (QED) is 0.684. The number of carbonyl (C=O) groups is 2. The smallest absolute Gasteiger partial charge is 0.242 e. The molecule has 156 valence electrons. The van der Waals surface area contributed by atoms with Crippen LogP contribution >= 0.6 is 0 Å². The van der Waals surface area contributed by atoms with Gasteiger partial charge in [0, 0.05) is 19.0 Å². The molecule has 4 nitrogen and oxygen atoms in total. The molecule has 29 heavy (non-hydrogen) atoms. The summed E-state index contributed by atoms with van der Waals surface area (Å²) in [4.78, 5) is 27.4. The number of carbonyl (C=O) groups excluding carboxylic acids is 2. The third kappa shape index (κ3) is 7.04. The van der Waals surface area contributed by atoms with Crippen molar-refractivity contribution in [3.05, 3.63) is 70.8 Å². The molecule has 2 rings (SSSR count). The van der Waals surface area contributed by atoms with Crippen LogP contribution in [0.3, 0.4) is 0 Å². The summed E-state index contributed by atoms with van der Waals surface area (Å²) in [6, 6.07) is 16.0. The molecule has 0 aliphatic heterocycles. The lowest BCUT2D eigenvalue weighted by molar-refractivity contribution is -0.140. The molecule has 0 fully saturated rings. The molecule has 2 aromatic carbocycles. The van der Waals surface area contributed by atoms with Gasteiger partial charge in [0.1, 0.15) is 6.04 Å². The number of rotatable bonds is 9. The molecule has 0 spiro atoms. The average molecular weight is 395 g/mol. The van der Waals surface area contributed by atoms with Crippen LogP contribution in [0.25, 0.3) is 0 Å². The third-order valence-corrected chi connectivity index (χ3v) is 5.13. The van der Waals surface area contributed by atoms with Gasteiger partial charge in [-0.1, -0.05) is 61.0 Å². The second-order valence-electron chi connectivity index (χ2n) is 8.02. The van der Waals surface area contributed by atoms with E-state index < -0.39 is 6.04 Å². The van der Waals surface area contributed by atoms with Crippen LogP contribution in [0, 0.1) is 6.92 Å². The summed E-state index contributed by atoms with van der Waals surface area (Å²) in [5.41, 5.74) is 4.64. The molecule has 2 amide bonds. The standard InChI is InChI=1S/C25H34N2O2/c1-6-21-11-13-22(14-12-21)15-16-24(28)27(20(5)25(29)26-18(2)3)17-23-9-7-19(4)8-10-23/h7-14,18,20H,6,15-17H2,1-5H3,(H,26,29)/t20-/m0/s1. The van der Waals surface area contributed by atoms with E-state index in [1.54, 1.807) is 11.8 Å². The highest BCUT2D eigenvalue weighted by molar-refractivity contribution is 5.87. The summed E-state index contributed by atoms with van der Waals surface area (Å²) in [6.07, 6.45) is 2.06. The van der Waals surface area contributed by atoms with E-state index in [1.165, 1.54) is 11.1 Å². The number of amides is 2. The van der Waals surface area contributed by atoms with Gasteiger partial charge in [-0.05, 0) is 57.2 Å². The minimum atomic E-state index is -0.520. The Kier molecular flexibility index (Phi) is 8.44. The Morgan fingerprint density at radius 3 is 2.00 bits per heavy atom. The molecule has 0 aromatic heterocycles. The Bertz CT molecular complexity index is 795. The zero-order valence-corrected chi connectivity index (χ0v) is 18.4. The summed E-state index contributed by atoms with van der Waals surface area (Å²) in [5, 5.41) is 2.93. The Hall–Kier alpha value is -2.62. The molecule has 0 unspecified atom stereocenters. The fourth-order valence-corrected chi connectivity index (χ4v) is 3.21. The topological polar surface area (TPSA) is 49.4 Å². The predicted octanol–water partition coefficient (Wildman–Crippen LogP) is 4.43. The molecule has 1 N–H and O–H groups in total. The first-order chi connectivity index (χ1) is 13.8. The number of hydrogen-bond donors (Lipinski definition) is 1. The second-order valence-corrected chi connectivity index (χ2v) is 8.02. The molecule has 2 aromatic rings. The van der Waals surface area contributed by atoms with Crippen molar-refractivity contribution in [2.24, 2.45) is 0 Å². The third-order valence-electron chi connectivity index (χ3n) is 5.13. The zero-order chi connectivity index (χ0) is 21.4. The van der Waals surface area contributed by atoms with Crippen LogP contribution in [0.15, 0.2) is 48.5 Å². The summed E-state index contributed by atoms with van der Waals surface area (Å²) >= 11 is 0. The van der Waals surface area contributed by atoms with Crippen LogP contribution in [0.5, 0.6) is 0 Å². The van der Waals surface area contributed by atoms with E-state index in [-0.39, 0.29) is 17.9 Å². The molecule has 0 aliphatic carbocycles. The first-order valence-corrected chi connectivity index (χ1v) is 10.5. The van der Waals surface area contributed by atoms with Crippen molar-refractivity contribution in [1.82, 2.24) is 10.2 Å². The molecule has 1 atom stereocenters. The van der Waals surface area contributed by atoms with Crippen molar-refractivity contribution in [3.8, 4) is 0 Å². The van der Waals surface area contributed by atoms with Crippen LogP contribution < -0.4 is 5.32 Å². The summed E-state index contributed by atoms with van der Waals surface area (Å²) in [5.74, 6) is -0.121. The second kappa shape index (κ2) is 10.8. The van der Waals surface area contributed by atoms with Gasteiger partial charge in [-0.2, -0.15) is 0 Å². The highest BCUT2D eigenvalue weighted by Crippen LogP contribution is 2.14. The Labute approximate surface area is 175 Å². The van der Waals surface area contributed by atoms with Crippen LogP contribution in [0.2, 0.25) is 0 Å². The lowest BCUT2D eigenvalue weighted by Gasteiger charge is -2.29. The van der Waals surface area contributed by atoms with Gasteiger partial charge in [0.25, 0.3) is 0 Å². The molecule has 0 bridgehead atoms. The van der Waals surface area contributed by atoms with Gasteiger partial charge in [0.2, 0.25) is 11.8 Å². The number of benzene rings is 2. The lowest BCUT2D eigenvalue weighted by atomic mass is 10.0. The maximum atomic E-state index is 13.1. The number of nitrogens with zero attached hydrogens (tertiary/aromatic N) is 1. The first-order valence-electron chi connectivity index (χ1n) is 10.5. The fraction of sp³-hybridized carbons (Fsp3) is 0.440. The van der Waals surface area contributed by atoms with E-state index in [9.17, 15) is 9.59 Å². The van der Waals surface area contributed by atoms with Gasteiger partial charge < -0.3 is 10.2 Å². The van der Waals surface area contributed by atoms with Crippen LogP contribution in [-0.2, 0) is 29.0 Å². The van der Waals surface area contributed by atoms with Gasteiger partial charge >= 0.3 is 0 Å². The lowest BCUT2D eigenvalue weighted by Crippen LogP contribution is -2.49. The monoisotopic (exact) mass is 394 g/mol. The Balaban J connectivity index is 2.11. The summed E-state index contributed by atoms with van der Waals surface area (Å²) in [7, 11) is 0. The molecule has 0 heterocycles. The molecular formula is C25H34N2O2. The fourth-order valence-electron chi connectivity index (χ4n) is 3.21. The van der Waals surface area contributed by atoms with Crippen molar-refractivity contribution in [1.29, 1.82) is 0 Å². The highest BCUT2D eigenvalue weighted by Gasteiger charge is 2.26. The number of nitrogens with one attached hydrogen (secondary N) is 1. The zero-order valence-electron chi connectivity index (χ0n) is 18.4. The molecule has 0 aliphatic rings. The maximum Gasteiger partial charge on any atom is 0.242 e. The van der Waals surface area contributed by atoms with Crippen LogP contribution in [0.4, 0.5) is 0 Å². The van der Waals surface area contributed by atoms with Crippen molar-refractivity contribution in [3.63, 3.8) is 0 Å². The normalized spacial score (nSPS) is 11.9. The van der Waals surface area contributed by atoms with Crippen LogP contribution in [-0.4, -0.2) is 28.8 Å². The molecular weight excluding hydrogens is 360 g/mol. The minimum Gasteiger partial charge on any atom is -0.352 e. The van der Waals surface area contributed by atoms with Crippen molar-refractivity contribution in [2.45, 2.75) is 72.5 Å². The van der Waals surface area contributed by atoms with Crippen LogP contribution in [0.1, 0.15) is 56.4 Å². The largest absolute Gasteiger partial charge is 0.352 e. The average Bonchev–Trinajstić information content (AvgIpc) is 2.71. The van der Waals surface area contributed by atoms with E-state index in [0.717, 1.165) is 17.5 Å². The molecule has 0 saturated heterocycles. The van der Waals surface area contributed by atoms with E-state index in [2.05, 4.69) is 36.5 Å². The van der Waals surface area contributed by atoms with E-state index >= 15 is 0 Å². The maximum absolute atomic E-state index is 13.1. The Morgan fingerprint density at radius 1 is 0.897 bits per heavy atom. The van der Waals surface area contributed by atoms with Gasteiger partial charge in [-0.15, -0.1) is 0 Å². The minimum absolute atomic E-state index is 0.00320. The first kappa shape index (κ1) is 22.7. The molecule has 0 saturated carbocycles. The van der Waals surface area contributed by atoms with Crippen molar-refractivity contribution < 1.29 is 9.59 Å². The highest BCUT2D eigenvalue weighted by atomic mass is 16.2. The molecule has 0 radical (unpaired) electrons. The van der Waals surface area contributed by atoms with Gasteiger partial charge in [0.05, 0.1) is 0 Å². The van der Waals surface area contributed by atoms with Crippen molar-refractivity contribution in [2.75, 3.05) is 0 Å². The van der Waals surface area contributed by atoms with Gasteiger partial charge in [0.15, 0.2) is 0 Å². The van der Waals surface area contributed by atoms with Gasteiger partial charge in [-0.3, -0.25) is 9.59 Å². The Morgan fingerprint density at radius 2 is 1.45 bits per heavy atom. The SMILES string of the molecule is CCc1ccc(CCC(=O)N(Cc2ccc(C)cc2)[C@@H](C)C(=O)NC(C)C)cc1. The van der Waals surface area contributed by atoms with E-state index in [0.29, 0.717) is 19.4 Å².